The monoisotopic (exact) mass is 294 g/mol. The molecule has 0 unspecified atom stereocenters. The molecule has 0 aliphatic carbocycles. The van der Waals surface area contributed by atoms with Gasteiger partial charge in [-0.3, -0.25) is 0 Å². The first-order chi connectivity index (χ1) is 10.0. The molecule has 1 aliphatic heterocycles. The first-order valence-corrected chi connectivity index (χ1v) is 7.16. The number of esters is 1. The summed E-state index contributed by atoms with van der Waals surface area (Å²) >= 11 is 0. The van der Waals surface area contributed by atoms with Crippen molar-refractivity contribution in [2.75, 3.05) is 13.2 Å². The van der Waals surface area contributed by atoms with E-state index in [0.717, 1.165) is 5.56 Å². The molecule has 0 spiro atoms. The highest BCUT2D eigenvalue weighted by Crippen LogP contribution is 2.26. The average Bonchev–Trinajstić information content (AvgIpc) is 2.81. The fraction of sp³-hybridized carbons (Fsp3) is 0.562. The van der Waals surface area contributed by atoms with Gasteiger partial charge in [0.05, 0.1) is 19.8 Å². The molecule has 2 rings (SSSR count). The van der Waals surface area contributed by atoms with Crippen LogP contribution in [0.3, 0.4) is 0 Å². The molecule has 5 heteroatoms. The highest BCUT2D eigenvalue weighted by atomic mass is 16.8. The van der Waals surface area contributed by atoms with Gasteiger partial charge < -0.3 is 18.9 Å². The molecular weight excluding hydrogens is 272 g/mol. The van der Waals surface area contributed by atoms with Gasteiger partial charge in [0.1, 0.15) is 6.10 Å². The second-order valence-electron chi connectivity index (χ2n) is 5.34. The molecule has 1 heterocycles. The second kappa shape index (κ2) is 7.02. The van der Waals surface area contributed by atoms with Crippen molar-refractivity contribution in [2.24, 2.45) is 0 Å². The van der Waals surface area contributed by atoms with Gasteiger partial charge in [0.15, 0.2) is 11.9 Å². The average molecular weight is 294 g/mol. The van der Waals surface area contributed by atoms with Gasteiger partial charge in [0.25, 0.3) is 0 Å². The molecule has 2 atom stereocenters. The zero-order chi connectivity index (χ0) is 15.3. The maximum atomic E-state index is 12.1. The van der Waals surface area contributed by atoms with Crippen molar-refractivity contribution in [3.63, 3.8) is 0 Å². The lowest BCUT2D eigenvalue weighted by molar-refractivity contribution is -0.180. The van der Waals surface area contributed by atoms with Gasteiger partial charge in [-0.1, -0.05) is 30.3 Å². The number of carbonyl (C=O) groups is 1. The summed E-state index contributed by atoms with van der Waals surface area (Å²) in [5.41, 5.74) is 0.991. The van der Waals surface area contributed by atoms with E-state index in [1.165, 1.54) is 0 Å². The van der Waals surface area contributed by atoms with E-state index < -0.39 is 24.0 Å². The van der Waals surface area contributed by atoms with Crippen molar-refractivity contribution >= 4 is 5.97 Å². The molecule has 5 nitrogen and oxygen atoms in total. The Labute approximate surface area is 125 Å². The first kappa shape index (κ1) is 15.9. The van der Waals surface area contributed by atoms with Crippen molar-refractivity contribution in [1.29, 1.82) is 0 Å². The summed E-state index contributed by atoms with van der Waals surface area (Å²) in [5, 5.41) is 0. The molecule has 0 aromatic heterocycles. The van der Waals surface area contributed by atoms with Gasteiger partial charge in [0.2, 0.25) is 0 Å². The molecule has 0 saturated carbocycles. The van der Waals surface area contributed by atoms with Crippen LogP contribution in [-0.2, 0) is 30.3 Å². The van der Waals surface area contributed by atoms with E-state index in [1.54, 1.807) is 6.92 Å². The van der Waals surface area contributed by atoms with Gasteiger partial charge in [-0.2, -0.15) is 0 Å². The highest BCUT2D eigenvalue weighted by Gasteiger charge is 2.41. The van der Waals surface area contributed by atoms with Crippen molar-refractivity contribution in [3.05, 3.63) is 35.9 Å². The standard InChI is InChI=1S/C16H22O5/c1-4-18-15(17)14(13-11-20-16(2,3)21-13)19-10-12-8-6-5-7-9-12/h5-9,13-14H,4,10-11H2,1-3H3/t13-,14-/m1/s1. The third-order valence-corrected chi connectivity index (χ3v) is 3.16. The zero-order valence-corrected chi connectivity index (χ0v) is 12.7. The molecule has 1 aromatic rings. The smallest absolute Gasteiger partial charge is 0.338 e. The normalized spacial score (nSPS) is 22.0. The molecule has 1 fully saturated rings. The Morgan fingerprint density at radius 2 is 2.10 bits per heavy atom. The van der Waals surface area contributed by atoms with E-state index in [1.807, 2.05) is 44.2 Å². The highest BCUT2D eigenvalue weighted by molar-refractivity contribution is 5.75. The van der Waals surface area contributed by atoms with Crippen LogP contribution in [0.5, 0.6) is 0 Å². The fourth-order valence-corrected chi connectivity index (χ4v) is 2.18. The predicted molar refractivity (Wildman–Crippen MR) is 76.6 cm³/mol. The van der Waals surface area contributed by atoms with Gasteiger partial charge in [-0.15, -0.1) is 0 Å². The van der Waals surface area contributed by atoms with Crippen LogP contribution in [0.25, 0.3) is 0 Å². The fourth-order valence-electron chi connectivity index (χ4n) is 2.18. The molecule has 1 aliphatic rings. The Morgan fingerprint density at radius 1 is 1.38 bits per heavy atom. The van der Waals surface area contributed by atoms with Gasteiger partial charge in [0, 0.05) is 0 Å². The van der Waals surface area contributed by atoms with Crippen molar-refractivity contribution in [1.82, 2.24) is 0 Å². The van der Waals surface area contributed by atoms with Crippen LogP contribution in [0.15, 0.2) is 30.3 Å². The van der Waals surface area contributed by atoms with E-state index in [4.69, 9.17) is 18.9 Å². The predicted octanol–water partition coefficient (Wildman–Crippen LogP) is 2.29. The Balaban J connectivity index is 2.01. The van der Waals surface area contributed by atoms with Crippen LogP contribution in [-0.4, -0.2) is 37.2 Å². The number of benzene rings is 1. The van der Waals surface area contributed by atoms with Crippen LogP contribution >= 0.6 is 0 Å². The Kier molecular flexibility index (Phi) is 5.33. The third-order valence-electron chi connectivity index (χ3n) is 3.16. The van der Waals surface area contributed by atoms with Gasteiger partial charge in [-0.25, -0.2) is 4.79 Å². The minimum atomic E-state index is -0.785. The molecule has 0 radical (unpaired) electrons. The number of hydrogen-bond acceptors (Lipinski definition) is 5. The van der Waals surface area contributed by atoms with Crippen LogP contribution in [0.1, 0.15) is 26.3 Å². The Morgan fingerprint density at radius 3 is 2.67 bits per heavy atom. The maximum absolute atomic E-state index is 12.1. The topological polar surface area (TPSA) is 54.0 Å². The summed E-state index contributed by atoms with van der Waals surface area (Å²) in [6.07, 6.45) is -1.24. The Bertz CT molecular complexity index is 457. The van der Waals surface area contributed by atoms with Crippen molar-refractivity contribution in [3.8, 4) is 0 Å². The summed E-state index contributed by atoms with van der Waals surface area (Å²) in [7, 11) is 0. The second-order valence-corrected chi connectivity index (χ2v) is 5.34. The summed E-state index contributed by atoms with van der Waals surface area (Å²) < 4.78 is 22.0. The van der Waals surface area contributed by atoms with Gasteiger partial charge >= 0.3 is 5.97 Å². The number of carbonyl (C=O) groups excluding carboxylic acids is 1. The van der Waals surface area contributed by atoms with E-state index in [0.29, 0.717) is 19.8 Å². The lowest BCUT2D eigenvalue weighted by Gasteiger charge is -2.23. The number of ether oxygens (including phenoxy) is 4. The minimum absolute atomic E-state index is 0.307. The zero-order valence-electron chi connectivity index (χ0n) is 12.7. The Hall–Kier alpha value is -1.43. The summed E-state index contributed by atoms with van der Waals surface area (Å²) in [4.78, 5) is 12.1. The minimum Gasteiger partial charge on any atom is -0.464 e. The van der Waals surface area contributed by atoms with Gasteiger partial charge in [-0.05, 0) is 26.3 Å². The van der Waals surface area contributed by atoms with Crippen LogP contribution in [0.2, 0.25) is 0 Å². The van der Waals surface area contributed by atoms with E-state index in [9.17, 15) is 4.79 Å². The van der Waals surface area contributed by atoms with Crippen LogP contribution in [0.4, 0.5) is 0 Å². The summed E-state index contributed by atoms with van der Waals surface area (Å²) in [6, 6.07) is 9.67. The largest absolute Gasteiger partial charge is 0.464 e. The molecule has 0 amide bonds. The molecule has 116 valence electrons. The van der Waals surface area contributed by atoms with E-state index in [2.05, 4.69) is 0 Å². The summed E-state index contributed by atoms with van der Waals surface area (Å²) in [6.45, 7) is 6.33. The van der Waals surface area contributed by atoms with Crippen LogP contribution in [0, 0.1) is 0 Å². The molecule has 21 heavy (non-hydrogen) atoms. The number of hydrogen-bond donors (Lipinski definition) is 0. The van der Waals surface area contributed by atoms with Crippen LogP contribution < -0.4 is 0 Å². The molecular formula is C16H22O5. The lowest BCUT2D eigenvalue weighted by atomic mass is 10.2. The molecule has 0 N–H and O–H groups in total. The SMILES string of the molecule is CCOC(=O)[C@H](OCc1ccccc1)[C@H]1COC(C)(C)O1. The van der Waals surface area contributed by atoms with Crippen molar-refractivity contribution in [2.45, 2.75) is 45.4 Å². The van der Waals surface area contributed by atoms with E-state index >= 15 is 0 Å². The molecule has 1 saturated heterocycles. The lowest BCUT2D eigenvalue weighted by Crippen LogP contribution is -2.40. The maximum Gasteiger partial charge on any atom is 0.338 e. The summed E-state index contributed by atoms with van der Waals surface area (Å²) in [5.74, 6) is -1.12. The first-order valence-electron chi connectivity index (χ1n) is 7.16. The third kappa shape index (κ3) is 4.52. The molecule has 1 aromatic carbocycles. The van der Waals surface area contributed by atoms with Crippen molar-refractivity contribution < 1.29 is 23.7 Å². The quantitative estimate of drug-likeness (QED) is 0.753. The number of rotatable bonds is 6. The van der Waals surface area contributed by atoms with E-state index in [-0.39, 0.29) is 0 Å². The molecule has 0 bridgehead atoms.